The standard InChI is InChI=1S/C24H23ClN2O5/c1-29-21-12-17(13-22(30-2)23(21)31-3)14-26-27-24(28)18-6-10-20(11-7-18)32-15-16-4-8-19(25)9-5-16/h4-14H,15H2,1-3H3,(H,27,28)/b26-14-. The van der Waals surface area contributed by atoms with E-state index in [9.17, 15) is 4.79 Å². The monoisotopic (exact) mass is 454 g/mol. The number of benzene rings is 3. The summed E-state index contributed by atoms with van der Waals surface area (Å²) in [5.74, 6) is 1.77. The molecule has 0 spiro atoms. The molecule has 0 radical (unpaired) electrons. The van der Waals surface area contributed by atoms with Crippen LogP contribution in [0.5, 0.6) is 23.0 Å². The summed E-state index contributed by atoms with van der Waals surface area (Å²) in [7, 11) is 4.59. The lowest BCUT2D eigenvalue weighted by Gasteiger charge is -2.12. The Balaban J connectivity index is 1.59. The van der Waals surface area contributed by atoms with Crippen LogP contribution in [0.4, 0.5) is 0 Å². The van der Waals surface area contributed by atoms with Crippen molar-refractivity contribution < 1.29 is 23.7 Å². The predicted octanol–water partition coefficient (Wildman–Crippen LogP) is 4.71. The molecule has 3 aromatic carbocycles. The molecule has 3 rings (SSSR count). The fraction of sp³-hybridized carbons (Fsp3) is 0.167. The molecule has 0 aliphatic heterocycles. The molecule has 0 saturated heterocycles. The molecule has 0 bridgehead atoms. The quantitative estimate of drug-likeness (QED) is 0.374. The van der Waals surface area contributed by atoms with Gasteiger partial charge in [-0.25, -0.2) is 5.43 Å². The maximum absolute atomic E-state index is 12.4. The van der Waals surface area contributed by atoms with Gasteiger partial charge in [-0.1, -0.05) is 23.7 Å². The molecular weight excluding hydrogens is 432 g/mol. The average molecular weight is 455 g/mol. The van der Waals surface area contributed by atoms with Crippen molar-refractivity contribution in [3.05, 3.63) is 82.4 Å². The number of nitrogens with one attached hydrogen (secondary N) is 1. The molecule has 0 aliphatic carbocycles. The van der Waals surface area contributed by atoms with Crippen LogP contribution in [0.3, 0.4) is 0 Å². The van der Waals surface area contributed by atoms with Crippen molar-refractivity contribution in [3.8, 4) is 23.0 Å². The summed E-state index contributed by atoms with van der Waals surface area (Å²) >= 11 is 5.88. The van der Waals surface area contributed by atoms with Crippen molar-refractivity contribution >= 4 is 23.7 Å². The first kappa shape index (κ1) is 23.0. The van der Waals surface area contributed by atoms with Crippen LogP contribution in [0.15, 0.2) is 65.8 Å². The summed E-state index contributed by atoms with van der Waals surface area (Å²) < 4.78 is 21.6. The topological polar surface area (TPSA) is 78.4 Å². The number of ether oxygens (including phenoxy) is 4. The number of nitrogens with zero attached hydrogens (tertiary/aromatic N) is 1. The highest BCUT2D eigenvalue weighted by molar-refractivity contribution is 6.30. The van der Waals surface area contributed by atoms with E-state index < -0.39 is 0 Å². The summed E-state index contributed by atoms with van der Waals surface area (Å²) in [5.41, 5.74) is 4.62. The first-order valence-electron chi connectivity index (χ1n) is 9.64. The molecule has 0 heterocycles. The van der Waals surface area contributed by atoms with Crippen molar-refractivity contribution in [2.75, 3.05) is 21.3 Å². The SMILES string of the molecule is COc1cc(/C=N\NC(=O)c2ccc(OCc3ccc(Cl)cc3)cc2)cc(OC)c1OC. The van der Waals surface area contributed by atoms with Gasteiger partial charge in [0.15, 0.2) is 11.5 Å². The lowest BCUT2D eigenvalue weighted by molar-refractivity contribution is 0.0955. The number of amides is 1. The highest BCUT2D eigenvalue weighted by atomic mass is 35.5. The Hall–Kier alpha value is -3.71. The van der Waals surface area contributed by atoms with E-state index in [1.165, 1.54) is 27.5 Å². The van der Waals surface area contributed by atoms with E-state index in [0.29, 0.717) is 45.8 Å². The number of carbonyl (C=O) groups excluding carboxylic acids is 1. The van der Waals surface area contributed by atoms with Crippen LogP contribution in [-0.2, 0) is 6.61 Å². The fourth-order valence-corrected chi connectivity index (χ4v) is 2.98. The summed E-state index contributed by atoms with van der Waals surface area (Å²) in [5, 5.41) is 4.69. The second kappa shape index (κ2) is 11.1. The molecule has 0 unspecified atom stereocenters. The van der Waals surface area contributed by atoms with E-state index in [0.717, 1.165) is 5.56 Å². The van der Waals surface area contributed by atoms with E-state index in [2.05, 4.69) is 10.5 Å². The highest BCUT2D eigenvalue weighted by Crippen LogP contribution is 2.37. The Labute approximate surface area is 191 Å². The zero-order chi connectivity index (χ0) is 22.9. The minimum Gasteiger partial charge on any atom is -0.493 e. The van der Waals surface area contributed by atoms with Crippen LogP contribution in [-0.4, -0.2) is 33.5 Å². The number of rotatable bonds is 9. The Bertz CT molecular complexity index is 1060. The third-order valence-corrected chi connectivity index (χ3v) is 4.75. The normalized spacial score (nSPS) is 10.6. The van der Waals surface area contributed by atoms with Gasteiger partial charge < -0.3 is 18.9 Å². The molecule has 1 amide bonds. The van der Waals surface area contributed by atoms with Crippen molar-refractivity contribution in [2.45, 2.75) is 6.61 Å². The smallest absolute Gasteiger partial charge is 0.271 e. The molecule has 0 fully saturated rings. The van der Waals surface area contributed by atoms with Crippen LogP contribution in [0.25, 0.3) is 0 Å². The fourth-order valence-electron chi connectivity index (χ4n) is 2.86. The Morgan fingerprint density at radius 2 is 1.56 bits per heavy atom. The highest BCUT2D eigenvalue weighted by Gasteiger charge is 2.12. The Morgan fingerprint density at radius 1 is 0.938 bits per heavy atom. The van der Waals surface area contributed by atoms with Gasteiger partial charge in [0, 0.05) is 16.1 Å². The Kier molecular flexibility index (Phi) is 7.94. The van der Waals surface area contributed by atoms with Crippen LogP contribution >= 0.6 is 11.6 Å². The van der Waals surface area contributed by atoms with Gasteiger partial charge in [0.05, 0.1) is 27.5 Å². The minimum atomic E-state index is -0.349. The lowest BCUT2D eigenvalue weighted by Crippen LogP contribution is -2.17. The molecular formula is C24H23ClN2O5. The molecule has 0 aromatic heterocycles. The van der Waals surface area contributed by atoms with Gasteiger partial charge in [-0.15, -0.1) is 0 Å². The first-order valence-corrected chi connectivity index (χ1v) is 10.0. The van der Waals surface area contributed by atoms with Crippen molar-refractivity contribution in [1.82, 2.24) is 5.43 Å². The molecule has 1 N–H and O–H groups in total. The Morgan fingerprint density at radius 3 is 2.12 bits per heavy atom. The lowest BCUT2D eigenvalue weighted by atomic mass is 10.2. The van der Waals surface area contributed by atoms with Crippen LogP contribution in [0.2, 0.25) is 5.02 Å². The predicted molar refractivity (Wildman–Crippen MR) is 123 cm³/mol. The van der Waals surface area contributed by atoms with Crippen LogP contribution in [0.1, 0.15) is 21.5 Å². The van der Waals surface area contributed by atoms with Crippen molar-refractivity contribution in [2.24, 2.45) is 5.10 Å². The second-order valence-corrected chi connectivity index (χ2v) is 7.03. The number of hydrazone groups is 1. The van der Waals surface area contributed by atoms with E-state index >= 15 is 0 Å². The van der Waals surface area contributed by atoms with Crippen molar-refractivity contribution in [3.63, 3.8) is 0 Å². The van der Waals surface area contributed by atoms with Gasteiger partial charge in [-0.05, 0) is 54.1 Å². The van der Waals surface area contributed by atoms with E-state index in [1.807, 2.05) is 24.3 Å². The zero-order valence-corrected chi connectivity index (χ0v) is 18.7. The van der Waals surface area contributed by atoms with Gasteiger partial charge in [-0.3, -0.25) is 4.79 Å². The maximum Gasteiger partial charge on any atom is 0.271 e. The molecule has 8 heteroatoms. The molecule has 0 aliphatic rings. The van der Waals surface area contributed by atoms with Gasteiger partial charge in [-0.2, -0.15) is 5.10 Å². The third-order valence-electron chi connectivity index (χ3n) is 4.50. The molecule has 32 heavy (non-hydrogen) atoms. The van der Waals surface area contributed by atoms with Gasteiger partial charge in [0.25, 0.3) is 5.91 Å². The molecule has 166 valence electrons. The number of hydrogen-bond donors (Lipinski definition) is 1. The number of methoxy groups -OCH3 is 3. The van der Waals surface area contributed by atoms with E-state index in [-0.39, 0.29) is 5.91 Å². The van der Waals surface area contributed by atoms with Gasteiger partial charge >= 0.3 is 0 Å². The average Bonchev–Trinajstić information content (AvgIpc) is 2.83. The molecule has 3 aromatic rings. The number of carbonyl (C=O) groups is 1. The first-order chi connectivity index (χ1) is 15.5. The molecule has 0 atom stereocenters. The molecule has 0 saturated carbocycles. The third kappa shape index (κ3) is 5.92. The van der Waals surface area contributed by atoms with Crippen molar-refractivity contribution in [1.29, 1.82) is 0 Å². The number of halogens is 1. The summed E-state index contributed by atoms with van der Waals surface area (Å²) in [6, 6.07) is 17.7. The van der Waals surface area contributed by atoms with E-state index in [1.54, 1.807) is 36.4 Å². The van der Waals surface area contributed by atoms with Crippen LogP contribution in [0, 0.1) is 0 Å². The summed E-state index contributed by atoms with van der Waals surface area (Å²) in [6.45, 7) is 0.405. The summed E-state index contributed by atoms with van der Waals surface area (Å²) in [4.78, 5) is 12.4. The van der Waals surface area contributed by atoms with E-state index in [4.69, 9.17) is 30.5 Å². The molecule has 7 nitrogen and oxygen atoms in total. The maximum atomic E-state index is 12.4. The minimum absolute atomic E-state index is 0.349. The largest absolute Gasteiger partial charge is 0.493 e. The van der Waals surface area contributed by atoms with Gasteiger partial charge in [0.2, 0.25) is 5.75 Å². The van der Waals surface area contributed by atoms with Crippen LogP contribution < -0.4 is 24.4 Å². The number of hydrogen-bond acceptors (Lipinski definition) is 6. The summed E-state index contributed by atoms with van der Waals surface area (Å²) in [6.07, 6.45) is 1.49. The second-order valence-electron chi connectivity index (χ2n) is 6.60. The zero-order valence-electron chi connectivity index (χ0n) is 17.9. The van der Waals surface area contributed by atoms with Gasteiger partial charge in [0.1, 0.15) is 12.4 Å².